The number of ether oxygens (including phenoxy) is 1. The number of anilines is 1. The highest BCUT2D eigenvalue weighted by Gasteiger charge is 2.22. The average molecular weight is 248 g/mol. The van der Waals surface area contributed by atoms with E-state index in [9.17, 15) is 4.79 Å². The average Bonchev–Trinajstić information content (AvgIpc) is 2.41. The summed E-state index contributed by atoms with van der Waals surface area (Å²) in [4.78, 5) is 13.7. The molecule has 1 aromatic rings. The molecule has 0 unspecified atom stereocenters. The molecule has 18 heavy (non-hydrogen) atoms. The predicted octanol–water partition coefficient (Wildman–Crippen LogP) is 2.89. The molecule has 1 amide bonds. The first-order valence-electron chi connectivity index (χ1n) is 6.51. The minimum atomic E-state index is -0.255. The number of carbonyl (C=O) groups is 1. The fourth-order valence-corrected chi connectivity index (χ4v) is 2.23. The summed E-state index contributed by atoms with van der Waals surface area (Å²) in [6, 6.07) is 6.88. The molecule has 2 rings (SSSR count). The van der Waals surface area contributed by atoms with Crippen molar-refractivity contribution in [3.63, 3.8) is 0 Å². The maximum Gasteiger partial charge on any atom is 0.415 e. The van der Waals surface area contributed by atoms with Crippen molar-refractivity contribution in [1.29, 1.82) is 0 Å². The smallest absolute Gasteiger partial charge is 0.410 e. The number of rotatable bonds is 2. The number of nitrogens with two attached hydrogens (primary N) is 1. The first-order valence-corrected chi connectivity index (χ1v) is 6.51. The third-order valence-corrected chi connectivity index (χ3v) is 3.54. The monoisotopic (exact) mass is 248 g/mol. The topological polar surface area (TPSA) is 55.6 Å². The molecule has 1 fully saturated rings. The standard InChI is InChI=1S/C14H20N2O2/c1-2-11-7-9-16(10-8-11)14(17)18-13-5-3-12(15)4-6-13/h3-6,11H,2,7-10,15H2,1H3. The summed E-state index contributed by atoms with van der Waals surface area (Å²) >= 11 is 0. The van der Waals surface area contributed by atoms with Crippen LogP contribution in [0.4, 0.5) is 10.5 Å². The number of amides is 1. The van der Waals surface area contributed by atoms with Crippen molar-refractivity contribution < 1.29 is 9.53 Å². The van der Waals surface area contributed by atoms with E-state index >= 15 is 0 Å². The lowest BCUT2D eigenvalue weighted by molar-refractivity contribution is 0.130. The number of hydrogen-bond acceptors (Lipinski definition) is 3. The van der Waals surface area contributed by atoms with E-state index in [-0.39, 0.29) is 6.09 Å². The van der Waals surface area contributed by atoms with Crippen molar-refractivity contribution in [3.8, 4) is 5.75 Å². The van der Waals surface area contributed by atoms with Crippen LogP contribution in [0.2, 0.25) is 0 Å². The van der Waals surface area contributed by atoms with E-state index in [1.54, 1.807) is 29.2 Å². The van der Waals surface area contributed by atoms with Gasteiger partial charge in [0.2, 0.25) is 0 Å². The normalized spacial score (nSPS) is 16.6. The maximum absolute atomic E-state index is 11.9. The summed E-state index contributed by atoms with van der Waals surface area (Å²) in [5, 5.41) is 0. The fourth-order valence-electron chi connectivity index (χ4n) is 2.23. The summed E-state index contributed by atoms with van der Waals surface area (Å²) in [5.41, 5.74) is 6.25. The van der Waals surface area contributed by atoms with E-state index in [0.717, 1.165) is 31.8 Å². The number of hydrogen-bond donors (Lipinski definition) is 1. The van der Waals surface area contributed by atoms with Gasteiger partial charge in [0, 0.05) is 18.8 Å². The maximum atomic E-state index is 11.9. The molecular formula is C14H20N2O2. The van der Waals surface area contributed by atoms with Crippen molar-refractivity contribution >= 4 is 11.8 Å². The molecule has 4 heteroatoms. The minimum Gasteiger partial charge on any atom is -0.410 e. The molecule has 0 spiro atoms. The van der Waals surface area contributed by atoms with Crippen LogP contribution in [-0.4, -0.2) is 24.1 Å². The van der Waals surface area contributed by atoms with E-state index in [1.807, 2.05) is 0 Å². The van der Waals surface area contributed by atoms with Crippen molar-refractivity contribution in [3.05, 3.63) is 24.3 Å². The number of benzene rings is 1. The van der Waals surface area contributed by atoms with Gasteiger partial charge in [0.05, 0.1) is 0 Å². The Labute approximate surface area is 108 Å². The summed E-state index contributed by atoms with van der Waals surface area (Å²) in [6.07, 6.45) is 3.09. The quantitative estimate of drug-likeness (QED) is 0.819. The van der Waals surface area contributed by atoms with Crippen LogP contribution in [0.3, 0.4) is 0 Å². The molecule has 2 N–H and O–H groups in total. The Morgan fingerprint density at radius 2 is 1.94 bits per heavy atom. The molecule has 1 saturated heterocycles. The summed E-state index contributed by atoms with van der Waals surface area (Å²) in [7, 11) is 0. The third kappa shape index (κ3) is 3.15. The number of piperidine rings is 1. The van der Waals surface area contributed by atoms with Crippen molar-refractivity contribution in [2.45, 2.75) is 26.2 Å². The minimum absolute atomic E-state index is 0.255. The van der Waals surface area contributed by atoms with Gasteiger partial charge in [0.25, 0.3) is 0 Å². The molecule has 98 valence electrons. The Morgan fingerprint density at radius 1 is 1.33 bits per heavy atom. The number of likely N-dealkylation sites (tertiary alicyclic amines) is 1. The lowest BCUT2D eigenvalue weighted by atomic mass is 9.95. The molecule has 0 radical (unpaired) electrons. The molecule has 1 aliphatic heterocycles. The lowest BCUT2D eigenvalue weighted by Gasteiger charge is -2.30. The first-order chi connectivity index (χ1) is 8.69. The fraction of sp³-hybridized carbons (Fsp3) is 0.500. The van der Waals surface area contributed by atoms with Gasteiger partial charge in [-0.3, -0.25) is 0 Å². The molecule has 1 aromatic carbocycles. The largest absolute Gasteiger partial charge is 0.415 e. The second-order valence-corrected chi connectivity index (χ2v) is 4.78. The Morgan fingerprint density at radius 3 is 2.50 bits per heavy atom. The van der Waals surface area contributed by atoms with Gasteiger partial charge < -0.3 is 15.4 Å². The molecule has 0 aromatic heterocycles. The van der Waals surface area contributed by atoms with E-state index in [0.29, 0.717) is 11.4 Å². The van der Waals surface area contributed by atoms with Crippen LogP contribution in [0, 0.1) is 5.92 Å². The van der Waals surface area contributed by atoms with Gasteiger partial charge in [-0.15, -0.1) is 0 Å². The van der Waals surface area contributed by atoms with Crippen LogP contribution in [0.25, 0.3) is 0 Å². The Kier molecular flexibility index (Phi) is 4.07. The van der Waals surface area contributed by atoms with Crippen LogP contribution in [0.15, 0.2) is 24.3 Å². The summed E-state index contributed by atoms with van der Waals surface area (Å²) in [5.74, 6) is 1.30. The molecule has 0 saturated carbocycles. The van der Waals surface area contributed by atoms with Gasteiger partial charge >= 0.3 is 6.09 Å². The van der Waals surface area contributed by atoms with Gasteiger partial charge in [-0.25, -0.2) is 4.79 Å². The molecule has 1 aliphatic rings. The summed E-state index contributed by atoms with van der Waals surface area (Å²) in [6.45, 7) is 3.80. The molecule has 0 bridgehead atoms. The SMILES string of the molecule is CCC1CCN(C(=O)Oc2ccc(N)cc2)CC1. The third-order valence-electron chi connectivity index (χ3n) is 3.54. The first kappa shape index (κ1) is 12.7. The Hall–Kier alpha value is -1.71. The van der Waals surface area contributed by atoms with Crippen LogP contribution in [-0.2, 0) is 0 Å². The molecule has 4 nitrogen and oxygen atoms in total. The zero-order valence-corrected chi connectivity index (χ0v) is 10.8. The van der Waals surface area contributed by atoms with Gasteiger partial charge in [-0.1, -0.05) is 13.3 Å². The molecule has 0 aliphatic carbocycles. The van der Waals surface area contributed by atoms with Crippen molar-refractivity contribution in [1.82, 2.24) is 4.90 Å². The highest BCUT2D eigenvalue weighted by molar-refractivity contribution is 5.71. The highest BCUT2D eigenvalue weighted by atomic mass is 16.6. The molecular weight excluding hydrogens is 228 g/mol. The van der Waals surface area contributed by atoms with E-state index in [1.165, 1.54) is 6.42 Å². The van der Waals surface area contributed by atoms with Crippen molar-refractivity contribution in [2.75, 3.05) is 18.8 Å². The van der Waals surface area contributed by atoms with Crippen molar-refractivity contribution in [2.24, 2.45) is 5.92 Å². The van der Waals surface area contributed by atoms with Gasteiger partial charge in [-0.05, 0) is 43.0 Å². The lowest BCUT2D eigenvalue weighted by Crippen LogP contribution is -2.40. The van der Waals surface area contributed by atoms with E-state index < -0.39 is 0 Å². The van der Waals surface area contributed by atoms with Gasteiger partial charge in [0.1, 0.15) is 5.75 Å². The zero-order chi connectivity index (χ0) is 13.0. The highest BCUT2D eigenvalue weighted by Crippen LogP contribution is 2.21. The second kappa shape index (κ2) is 5.76. The van der Waals surface area contributed by atoms with E-state index in [2.05, 4.69) is 6.92 Å². The number of nitrogen functional groups attached to an aromatic ring is 1. The van der Waals surface area contributed by atoms with Crippen LogP contribution < -0.4 is 10.5 Å². The number of nitrogens with zero attached hydrogens (tertiary/aromatic N) is 1. The number of carbonyl (C=O) groups excluding carboxylic acids is 1. The zero-order valence-electron chi connectivity index (χ0n) is 10.8. The molecule has 1 heterocycles. The van der Waals surface area contributed by atoms with Crippen LogP contribution in [0.1, 0.15) is 26.2 Å². The predicted molar refractivity (Wildman–Crippen MR) is 71.5 cm³/mol. The second-order valence-electron chi connectivity index (χ2n) is 4.78. The summed E-state index contributed by atoms with van der Waals surface area (Å²) < 4.78 is 5.31. The van der Waals surface area contributed by atoms with Gasteiger partial charge in [0.15, 0.2) is 0 Å². The van der Waals surface area contributed by atoms with Crippen LogP contribution >= 0.6 is 0 Å². The Balaban J connectivity index is 1.87. The van der Waals surface area contributed by atoms with Gasteiger partial charge in [-0.2, -0.15) is 0 Å². The van der Waals surface area contributed by atoms with E-state index in [4.69, 9.17) is 10.5 Å². The molecule has 0 atom stereocenters. The van der Waals surface area contributed by atoms with Crippen LogP contribution in [0.5, 0.6) is 5.75 Å². The Bertz CT molecular complexity index is 395.